The number of hydrogen-bond acceptors (Lipinski definition) is 5. The van der Waals surface area contributed by atoms with Gasteiger partial charge in [0.2, 0.25) is 5.91 Å². The van der Waals surface area contributed by atoms with Crippen LogP contribution < -0.4 is 10.6 Å². The van der Waals surface area contributed by atoms with Gasteiger partial charge in [0.15, 0.2) is 0 Å². The molecule has 0 unspecified atom stereocenters. The number of nitrogens with one attached hydrogen (secondary N) is 2. The zero-order chi connectivity index (χ0) is 17.5. The van der Waals surface area contributed by atoms with Crippen LogP contribution in [0.2, 0.25) is 0 Å². The lowest BCUT2D eigenvalue weighted by molar-refractivity contribution is -0.128. The van der Waals surface area contributed by atoms with Crippen LogP contribution in [0.25, 0.3) is 0 Å². The summed E-state index contributed by atoms with van der Waals surface area (Å²) in [6.45, 7) is -0.331. The quantitative estimate of drug-likeness (QED) is 0.332. The van der Waals surface area contributed by atoms with E-state index in [1.807, 2.05) is 24.3 Å². The number of halogens is 1. The first kappa shape index (κ1) is 18.6. The van der Waals surface area contributed by atoms with E-state index >= 15 is 0 Å². The number of amides is 2. The lowest BCUT2D eigenvalue weighted by Gasteiger charge is -2.15. The number of benzene rings is 1. The number of Topliss-reactive ketones (excluding diaryl/α,β-unsaturated/α-hetero) is 1. The monoisotopic (exact) mass is 458 g/mol. The number of hydrogen-bond donors (Lipinski definition) is 3. The number of ketones is 1. The molecule has 0 aliphatic heterocycles. The molecule has 0 aliphatic carbocycles. The van der Waals surface area contributed by atoms with Crippen molar-refractivity contribution in [3.63, 3.8) is 0 Å². The van der Waals surface area contributed by atoms with Gasteiger partial charge in [0.25, 0.3) is 11.7 Å². The van der Waals surface area contributed by atoms with Crippen molar-refractivity contribution in [1.29, 1.82) is 0 Å². The molecule has 0 aliphatic rings. The van der Waals surface area contributed by atoms with Crippen molar-refractivity contribution in [3.05, 3.63) is 55.8 Å². The topological polar surface area (TPSA) is 95.5 Å². The maximum Gasteiger partial charge on any atom is 0.293 e. The van der Waals surface area contributed by atoms with E-state index in [1.54, 1.807) is 11.4 Å². The zero-order valence-corrected chi connectivity index (χ0v) is 15.5. The molecule has 0 fully saturated rings. The first-order valence-corrected chi connectivity index (χ1v) is 8.99. The SMILES string of the molecule is O=C(N[C@@H](CO)C(=O)NCc1cccc(I)c1)C(=O)c1cccs1. The normalized spacial score (nSPS) is 11.6. The molecule has 2 aromatic rings. The first-order chi connectivity index (χ1) is 11.5. The zero-order valence-electron chi connectivity index (χ0n) is 12.5. The third-order valence-corrected chi connectivity index (χ3v) is 4.65. The fraction of sp³-hybridized carbons (Fsp3) is 0.188. The molecule has 1 aromatic heterocycles. The van der Waals surface area contributed by atoms with Crippen molar-refractivity contribution < 1.29 is 19.5 Å². The summed E-state index contributed by atoms with van der Waals surface area (Å²) in [5.74, 6) is -2.20. The molecular weight excluding hydrogens is 443 g/mol. The molecule has 2 rings (SSSR count). The predicted molar refractivity (Wildman–Crippen MR) is 98.7 cm³/mol. The molecule has 126 valence electrons. The molecule has 0 bridgehead atoms. The Balaban J connectivity index is 1.91. The van der Waals surface area contributed by atoms with Crippen molar-refractivity contribution in [2.45, 2.75) is 12.6 Å². The molecule has 1 heterocycles. The third kappa shape index (κ3) is 5.11. The second-order valence-electron chi connectivity index (χ2n) is 4.86. The van der Waals surface area contributed by atoms with Crippen molar-refractivity contribution in [2.75, 3.05) is 6.61 Å². The fourth-order valence-corrected chi connectivity index (χ4v) is 3.17. The van der Waals surface area contributed by atoms with Crippen LogP contribution in [0.15, 0.2) is 41.8 Å². The summed E-state index contributed by atoms with van der Waals surface area (Å²) in [5.41, 5.74) is 0.896. The molecule has 2 amide bonds. The standard InChI is InChI=1S/C16H15IN2O4S/c17-11-4-1-3-10(7-11)8-18-15(22)12(9-20)19-16(23)14(21)13-5-2-6-24-13/h1-7,12,20H,8-9H2,(H,18,22)(H,19,23)/t12-/m0/s1. The largest absolute Gasteiger partial charge is 0.394 e. The minimum atomic E-state index is -1.18. The highest BCUT2D eigenvalue weighted by molar-refractivity contribution is 14.1. The van der Waals surface area contributed by atoms with Crippen molar-refractivity contribution >= 4 is 51.5 Å². The molecule has 6 nitrogen and oxygen atoms in total. The van der Waals surface area contributed by atoms with E-state index < -0.39 is 30.2 Å². The number of aliphatic hydroxyl groups excluding tert-OH is 1. The Hall–Kier alpha value is -1.78. The minimum absolute atomic E-state index is 0.265. The van der Waals surface area contributed by atoms with E-state index in [2.05, 4.69) is 33.2 Å². The number of thiophene rings is 1. The van der Waals surface area contributed by atoms with Crippen molar-refractivity contribution in [3.8, 4) is 0 Å². The molecule has 3 N–H and O–H groups in total. The van der Waals surface area contributed by atoms with E-state index in [4.69, 9.17) is 0 Å². The Bertz CT molecular complexity index is 733. The predicted octanol–water partition coefficient (Wildman–Crippen LogP) is 1.33. The van der Waals surface area contributed by atoms with Crippen molar-refractivity contribution in [2.24, 2.45) is 0 Å². The maximum atomic E-state index is 12.1. The highest BCUT2D eigenvalue weighted by Crippen LogP contribution is 2.09. The van der Waals surface area contributed by atoms with E-state index in [0.717, 1.165) is 20.5 Å². The van der Waals surface area contributed by atoms with Crippen molar-refractivity contribution in [1.82, 2.24) is 10.6 Å². The number of carbonyl (C=O) groups excluding carboxylic acids is 3. The van der Waals surface area contributed by atoms with E-state index in [-0.39, 0.29) is 11.4 Å². The summed E-state index contributed by atoms with van der Waals surface area (Å²) >= 11 is 3.30. The smallest absolute Gasteiger partial charge is 0.293 e. The average molecular weight is 458 g/mol. The van der Waals surface area contributed by atoms with Gasteiger partial charge in [-0.25, -0.2) is 0 Å². The third-order valence-electron chi connectivity index (χ3n) is 3.11. The van der Waals surface area contributed by atoms with Gasteiger partial charge in [0, 0.05) is 10.1 Å². The van der Waals surface area contributed by atoms with Gasteiger partial charge in [0.05, 0.1) is 11.5 Å². The van der Waals surface area contributed by atoms with Gasteiger partial charge >= 0.3 is 0 Å². The minimum Gasteiger partial charge on any atom is -0.394 e. The van der Waals surface area contributed by atoms with Gasteiger partial charge in [-0.05, 0) is 51.7 Å². The average Bonchev–Trinajstić information content (AvgIpc) is 3.11. The van der Waals surface area contributed by atoms with Crippen LogP contribution in [0.1, 0.15) is 15.2 Å². The Morgan fingerprint density at radius 2 is 2.00 bits per heavy atom. The van der Waals surface area contributed by atoms with Gasteiger partial charge in [-0.2, -0.15) is 0 Å². The highest BCUT2D eigenvalue weighted by Gasteiger charge is 2.24. The van der Waals surface area contributed by atoms with Crippen LogP contribution in [0, 0.1) is 3.57 Å². The molecule has 1 aromatic carbocycles. The molecule has 1 atom stereocenters. The summed E-state index contributed by atoms with van der Waals surface area (Å²) in [6, 6.07) is 9.57. The molecular formula is C16H15IN2O4S. The molecule has 0 radical (unpaired) electrons. The number of carbonyl (C=O) groups is 3. The van der Waals surface area contributed by atoms with Gasteiger partial charge in [0.1, 0.15) is 6.04 Å². The Kier molecular flexibility index (Phi) is 6.88. The summed E-state index contributed by atoms with van der Waals surface area (Å²) in [7, 11) is 0. The lowest BCUT2D eigenvalue weighted by atomic mass is 10.2. The first-order valence-electron chi connectivity index (χ1n) is 7.03. The fourth-order valence-electron chi connectivity index (χ4n) is 1.90. The second kappa shape index (κ2) is 8.90. The van der Waals surface area contributed by atoms with Gasteiger partial charge in [-0.15, -0.1) is 11.3 Å². The summed E-state index contributed by atoms with van der Waals surface area (Å²) in [6.07, 6.45) is 0. The van der Waals surface area contributed by atoms with Crippen LogP contribution in [0.4, 0.5) is 0 Å². The van der Waals surface area contributed by atoms with E-state index in [0.29, 0.717) is 0 Å². The molecule has 24 heavy (non-hydrogen) atoms. The van der Waals surface area contributed by atoms with Crippen LogP contribution in [-0.4, -0.2) is 35.4 Å². The Labute approximate surface area is 156 Å². The van der Waals surface area contributed by atoms with Crippen LogP contribution in [0.5, 0.6) is 0 Å². The molecule has 0 saturated carbocycles. The van der Waals surface area contributed by atoms with Gasteiger partial charge in [-0.3, -0.25) is 14.4 Å². The van der Waals surface area contributed by atoms with Crippen LogP contribution >= 0.6 is 33.9 Å². The van der Waals surface area contributed by atoms with Gasteiger partial charge in [-0.1, -0.05) is 18.2 Å². The maximum absolute atomic E-state index is 12.1. The molecule has 8 heteroatoms. The van der Waals surface area contributed by atoms with E-state index in [9.17, 15) is 19.5 Å². The van der Waals surface area contributed by atoms with Crippen LogP contribution in [-0.2, 0) is 16.1 Å². The highest BCUT2D eigenvalue weighted by atomic mass is 127. The van der Waals surface area contributed by atoms with E-state index in [1.165, 1.54) is 6.07 Å². The Morgan fingerprint density at radius 1 is 1.21 bits per heavy atom. The Morgan fingerprint density at radius 3 is 2.62 bits per heavy atom. The number of aliphatic hydroxyl groups is 1. The summed E-state index contributed by atoms with van der Waals surface area (Å²) in [5, 5.41) is 15.9. The second-order valence-corrected chi connectivity index (χ2v) is 7.06. The van der Waals surface area contributed by atoms with Crippen LogP contribution in [0.3, 0.4) is 0 Å². The molecule has 0 saturated heterocycles. The number of rotatable bonds is 7. The summed E-state index contributed by atoms with van der Waals surface area (Å²) in [4.78, 5) is 36.1. The lowest BCUT2D eigenvalue weighted by Crippen LogP contribution is -2.50. The molecule has 0 spiro atoms. The van der Waals surface area contributed by atoms with Gasteiger partial charge < -0.3 is 15.7 Å². The summed E-state index contributed by atoms with van der Waals surface area (Å²) < 4.78 is 1.04.